The maximum absolute atomic E-state index is 14.4. The zero-order valence-electron chi connectivity index (χ0n) is 23.7. The molecule has 0 aromatic heterocycles. The number of methoxy groups -OCH3 is 1. The molecule has 42 heavy (non-hydrogen) atoms. The fraction of sp³-hybridized carbons (Fsp3) is 0.406. The number of nitrogens with zero attached hydrogens (tertiary/aromatic N) is 3. The van der Waals surface area contributed by atoms with E-state index in [1.54, 1.807) is 41.2 Å². The van der Waals surface area contributed by atoms with Gasteiger partial charge in [-0.15, -0.1) is 0 Å². The van der Waals surface area contributed by atoms with E-state index in [0.717, 1.165) is 0 Å². The molecule has 0 radical (unpaired) electrons. The van der Waals surface area contributed by atoms with E-state index in [9.17, 15) is 19.5 Å². The van der Waals surface area contributed by atoms with Crippen LogP contribution in [-0.4, -0.2) is 85.4 Å². The molecule has 4 aliphatic heterocycles. The van der Waals surface area contributed by atoms with Crippen molar-refractivity contribution >= 4 is 29.1 Å². The summed E-state index contributed by atoms with van der Waals surface area (Å²) in [5, 5.41) is 9.62. The number of fused-ring (bicyclic) bond motifs is 2. The van der Waals surface area contributed by atoms with Crippen LogP contribution in [0.4, 0.5) is 11.4 Å². The van der Waals surface area contributed by atoms with Gasteiger partial charge >= 0.3 is 0 Å². The highest BCUT2D eigenvalue weighted by Gasteiger charge is 2.71. The molecule has 6 rings (SSSR count). The molecule has 10 nitrogen and oxygen atoms in total. The third kappa shape index (κ3) is 4.46. The summed E-state index contributed by atoms with van der Waals surface area (Å²) < 4.78 is 17.5. The van der Waals surface area contributed by atoms with E-state index >= 15 is 0 Å². The van der Waals surface area contributed by atoms with Crippen LogP contribution in [0.1, 0.15) is 13.3 Å². The van der Waals surface area contributed by atoms with Crippen molar-refractivity contribution in [3.8, 4) is 11.5 Å². The van der Waals surface area contributed by atoms with Gasteiger partial charge < -0.3 is 34.0 Å². The van der Waals surface area contributed by atoms with E-state index in [1.165, 1.54) is 4.90 Å². The van der Waals surface area contributed by atoms with Crippen LogP contribution in [-0.2, 0) is 19.1 Å². The Hall–Kier alpha value is -4.15. The van der Waals surface area contributed by atoms with Crippen LogP contribution in [0, 0.1) is 11.8 Å². The van der Waals surface area contributed by atoms with Crippen LogP contribution in [0.3, 0.4) is 0 Å². The Morgan fingerprint density at radius 3 is 2.19 bits per heavy atom. The summed E-state index contributed by atoms with van der Waals surface area (Å²) in [5.41, 5.74) is 0.0134. The number of likely N-dealkylation sites (tertiary alicyclic amines) is 1. The molecule has 1 N–H and O–H groups in total. The van der Waals surface area contributed by atoms with Crippen molar-refractivity contribution in [1.29, 1.82) is 0 Å². The molecule has 2 saturated heterocycles. The predicted molar refractivity (Wildman–Crippen MR) is 155 cm³/mol. The van der Waals surface area contributed by atoms with E-state index in [2.05, 4.69) is 0 Å². The fourth-order valence-electron chi connectivity index (χ4n) is 6.73. The second-order valence-corrected chi connectivity index (χ2v) is 10.8. The van der Waals surface area contributed by atoms with E-state index in [-0.39, 0.29) is 37.4 Å². The average Bonchev–Trinajstić information content (AvgIpc) is 3.31. The number of aliphatic hydroxyl groups is 1. The van der Waals surface area contributed by atoms with Crippen molar-refractivity contribution in [3.05, 3.63) is 72.8 Å². The number of benzene rings is 2. The maximum atomic E-state index is 14.4. The Labute approximate surface area is 244 Å². The van der Waals surface area contributed by atoms with Gasteiger partial charge in [-0.2, -0.15) is 0 Å². The molecule has 4 aliphatic rings. The summed E-state index contributed by atoms with van der Waals surface area (Å²) >= 11 is 0. The van der Waals surface area contributed by atoms with Gasteiger partial charge in [0.25, 0.3) is 5.91 Å². The molecule has 0 aliphatic carbocycles. The number of carbonyl (C=O) groups excluding carboxylic acids is 3. The molecule has 2 aromatic carbocycles. The molecular weight excluding hydrogens is 538 g/mol. The van der Waals surface area contributed by atoms with Gasteiger partial charge in [0.15, 0.2) is 0 Å². The standard InChI is InChI=1S/C32H35N3O7/c1-3-41-24-14-10-21(11-15-24)33-17-4-7-25-26(29(33)37)27-30(38)35(19-6-20-36)28-31(39)34(18-5-16-32(27,28)42-25)22-8-12-23(40-2)13-9-22/h4-5,7-16,25-28,36H,3,6,17-20H2,1-2H3/t25-,26+,27+,28?,32+/m1/s1. The van der Waals surface area contributed by atoms with Crippen LogP contribution in [0.5, 0.6) is 11.5 Å². The zero-order chi connectivity index (χ0) is 29.4. The number of ether oxygens (including phenoxy) is 3. The Balaban J connectivity index is 1.38. The molecule has 0 saturated carbocycles. The molecule has 4 heterocycles. The fourth-order valence-corrected chi connectivity index (χ4v) is 6.73. The Morgan fingerprint density at radius 2 is 1.55 bits per heavy atom. The van der Waals surface area contributed by atoms with E-state index in [0.29, 0.717) is 42.4 Å². The molecule has 220 valence electrons. The van der Waals surface area contributed by atoms with Crippen LogP contribution in [0.15, 0.2) is 72.8 Å². The van der Waals surface area contributed by atoms with E-state index in [1.807, 2.05) is 55.5 Å². The molecule has 2 aromatic rings. The third-order valence-corrected chi connectivity index (χ3v) is 8.56. The van der Waals surface area contributed by atoms with Crippen molar-refractivity contribution in [3.63, 3.8) is 0 Å². The molecule has 1 spiro atoms. The van der Waals surface area contributed by atoms with Gasteiger partial charge in [0, 0.05) is 37.6 Å². The lowest BCUT2D eigenvalue weighted by Gasteiger charge is -2.35. The Bertz CT molecular complexity index is 1410. The monoisotopic (exact) mass is 573 g/mol. The second kappa shape index (κ2) is 11.3. The first kappa shape index (κ1) is 28.0. The normalized spacial score (nSPS) is 28.4. The highest BCUT2D eigenvalue weighted by Crippen LogP contribution is 2.53. The van der Waals surface area contributed by atoms with Crippen LogP contribution >= 0.6 is 0 Å². The van der Waals surface area contributed by atoms with E-state index in [4.69, 9.17) is 14.2 Å². The third-order valence-electron chi connectivity index (χ3n) is 8.56. The highest BCUT2D eigenvalue weighted by atomic mass is 16.5. The molecule has 10 heteroatoms. The molecule has 2 fully saturated rings. The predicted octanol–water partition coefficient (Wildman–Crippen LogP) is 2.56. The Kier molecular flexibility index (Phi) is 7.51. The minimum atomic E-state index is -1.33. The smallest absolute Gasteiger partial charge is 0.253 e. The Morgan fingerprint density at radius 1 is 0.905 bits per heavy atom. The zero-order valence-corrected chi connectivity index (χ0v) is 23.7. The lowest BCUT2D eigenvalue weighted by Crippen LogP contribution is -2.55. The van der Waals surface area contributed by atoms with Crippen LogP contribution in [0.25, 0.3) is 0 Å². The van der Waals surface area contributed by atoms with Gasteiger partial charge in [-0.25, -0.2) is 0 Å². The quantitative estimate of drug-likeness (QED) is 0.484. The summed E-state index contributed by atoms with van der Waals surface area (Å²) in [5.74, 6) is -1.20. The van der Waals surface area contributed by atoms with Crippen LogP contribution in [0.2, 0.25) is 0 Å². The maximum Gasteiger partial charge on any atom is 0.253 e. The van der Waals surface area contributed by atoms with Crippen molar-refractivity contribution in [2.24, 2.45) is 11.8 Å². The first-order valence-corrected chi connectivity index (χ1v) is 14.4. The molecule has 3 amide bonds. The van der Waals surface area contributed by atoms with Crippen molar-refractivity contribution in [2.45, 2.75) is 31.1 Å². The first-order chi connectivity index (χ1) is 20.4. The summed E-state index contributed by atoms with van der Waals surface area (Å²) in [6.45, 7) is 3.08. The summed E-state index contributed by atoms with van der Waals surface area (Å²) in [6.07, 6.45) is 7.01. The van der Waals surface area contributed by atoms with Crippen molar-refractivity contribution < 1.29 is 33.7 Å². The largest absolute Gasteiger partial charge is 0.497 e. The summed E-state index contributed by atoms with van der Waals surface area (Å²) in [7, 11) is 1.58. The number of aliphatic hydroxyl groups excluding tert-OH is 1. The average molecular weight is 574 g/mol. The van der Waals surface area contributed by atoms with Gasteiger partial charge in [-0.05, 0) is 61.9 Å². The van der Waals surface area contributed by atoms with Gasteiger partial charge in [0.1, 0.15) is 23.1 Å². The highest BCUT2D eigenvalue weighted by molar-refractivity contribution is 6.07. The molecule has 1 unspecified atom stereocenters. The second-order valence-electron chi connectivity index (χ2n) is 10.8. The number of anilines is 2. The molecular formula is C32H35N3O7. The number of hydrogen-bond donors (Lipinski definition) is 1. The van der Waals surface area contributed by atoms with E-state index < -0.39 is 29.6 Å². The lowest BCUT2D eigenvalue weighted by molar-refractivity contribution is -0.140. The number of amides is 3. The minimum Gasteiger partial charge on any atom is -0.497 e. The van der Waals surface area contributed by atoms with Gasteiger partial charge in [-0.3, -0.25) is 14.4 Å². The molecule has 5 atom stereocenters. The van der Waals surface area contributed by atoms with Crippen LogP contribution < -0.4 is 19.3 Å². The number of rotatable bonds is 8. The number of hydrogen-bond acceptors (Lipinski definition) is 7. The van der Waals surface area contributed by atoms with Gasteiger partial charge in [0.05, 0.1) is 31.7 Å². The SMILES string of the molecule is CCOc1ccc(N2CC=C[C@H]3O[C@]45C=CCN(c6ccc(OC)cc6)C(=O)C4N(CCCO)C(=O)[C@@H]5[C@H]3C2=O)cc1. The minimum absolute atomic E-state index is 0.138. The van der Waals surface area contributed by atoms with Crippen molar-refractivity contribution in [1.82, 2.24) is 4.90 Å². The number of carbonyl (C=O) groups is 3. The summed E-state index contributed by atoms with van der Waals surface area (Å²) in [4.78, 5) is 47.7. The first-order valence-electron chi connectivity index (χ1n) is 14.4. The summed E-state index contributed by atoms with van der Waals surface area (Å²) in [6, 6.07) is 13.5. The van der Waals surface area contributed by atoms with Gasteiger partial charge in [-0.1, -0.05) is 24.3 Å². The lowest BCUT2D eigenvalue weighted by atomic mass is 9.77. The molecule has 0 bridgehead atoms. The van der Waals surface area contributed by atoms with Gasteiger partial charge in [0.2, 0.25) is 11.8 Å². The van der Waals surface area contributed by atoms with Crippen molar-refractivity contribution in [2.75, 3.05) is 49.8 Å². The topological polar surface area (TPSA) is 109 Å².